The van der Waals surface area contributed by atoms with Crippen molar-refractivity contribution in [2.75, 3.05) is 13.1 Å². The van der Waals surface area contributed by atoms with Crippen LogP contribution in [-0.4, -0.2) is 41.0 Å². The zero-order chi connectivity index (χ0) is 18.5. The Kier molecular flexibility index (Phi) is 4.43. The van der Waals surface area contributed by atoms with Crippen molar-refractivity contribution in [1.82, 2.24) is 19.5 Å². The maximum Gasteiger partial charge on any atom is 0.250 e. The average Bonchev–Trinajstić information content (AvgIpc) is 3.10. The van der Waals surface area contributed by atoms with Gasteiger partial charge in [-0.2, -0.15) is 4.31 Å². The summed E-state index contributed by atoms with van der Waals surface area (Å²) in [5.74, 6) is 1.81. The Labute approximate surface area is 154 Å². The van der Waals surface area contributed by atoms with Crippen molar-refractivity contribution in [2.45, 2.75) is 63.7 Å². The number of piperidine rings is 1. The summed E-state index contributed by atoms with van der Waals surface area (Å²) in [4.78, 5) is 3.45. The van der Waals surface area contributed by atoms with E-state index in [-0.39, 0.29) is 4.90 Å². The molecule has 0 atom stereocenters. The minimum atomic E-state index is -3.60. The van der Waals surface area contributed by atoms with Crippen LogP contribution >= 0.6 is 0 Å². The minimum Gasteiger partial charge on any atom is -0.420 e. The molecule has 0 radical (unpaired) electrons. The van der Waals surface area contributed by atoms with Gasteiger partial charge in [0.15, 0.2) is 0 Å². The van der Waals surface area contributed by atoms with Crippen LogP contribution in [0.15, 0.2) is 9.31 Å². The number of hydrogen-bond donors (Lipinski definition) is 1. The largest absolute Gasteiger partial charge is 0.420 e. The van der Waals surface area contributed by atoms with Gasteiger partial charge in [-0.15, -0.1) is 10.2 Å². The van der Waals surface area contributed by atoms with Crippen LogP contribution in [0.25, 0.3) is 11.5 Å². The van der Waals surface area contributed by atoms with Gasteiger partial charge in [0.05, 0.1) is 5.56 Å². The van der Waals surface area contributed by atoms with Crippen LogP contribution in [0.1, 0.15) is 62.2 Å². The maximum absolute atomic E-state index is 13.3. The highest BCUT2D eigenvalue weighted by molar-refractivity contribution is 7.89. The van der Waals surface area contributed by atoms with Crippen molar-refractivity contribution in [3.05, 3.63) is 17.3 Å². The summed E-state index contributed by atoms with van der Waals surface area (Å²) < 4.78 is 34.2. The van der Waals surface area contributed by atoms with E-state index in [0.717, 1.165) is 31.4 Å². The normalized spacial score (nSPS) is 20.4. The number of sulfonamides is 1. The highest BCUT2D eigenvalue weighted by Crippen LogP contribution is 2.39. The first-order valence-electron chi connectivity index (χ1n) is 9.41. The molecular weight excluding hydrogens is 352 g/mol. The Hall–Kier alpha value is -1.67. The molecule has 2 fully saturated rings. The topological polar surface area (TPSA) is 92.1 Å². The fourth-order valence-corrected chi connectivity index (χ4v) is 5.73. The molecule has 0 unspecified atom stereocenters. The van der Waals surface area contributed by atoms with Crippen LogP contribution in [0.5, 0.6) is 0 Å². The molecular formula is C18H26N4O3S. The first-order chi connectivity index (χ1) is 12.4. The summed E-state index contributed by atoms with van der Waals surface area (Å²) >= 11 is 0. The third-order valence-electron chi connectivity index (χ3n) is 5.77. The van der Waals surface area contributed by atoms with Gasteiger partial charge >= 0.3 is 0 Å². The Morgan fingerprint density at radius 3 is 2.38 bits per heavy atom. The fourth-order valence-electron chi connectivity index (χ4n) is 3.85. The monoisotopic (exact) mass is 378 g/mol. The number of nitrogens with one attached hydrogen (secondary N) is 1. The van der Waals surface area contributed by atoms with Crippen LogP contribution in [0, 0.1) is 19.8 Å². The zero-order valence-corrected chi connectivity index (χ0v) is 16.4. The lowest BCUT2D eigenvalue weighted by Gasteiger charge is -2.29. The molecule has 8 heteroatoms. The lowest BCUT2D eigenvalue weighted by atomic mass is 9.85. The zero-order valence-electron chi connectivity index (χ0n) is 15.6. The summed E-state index contributed by atoms with van der Waals surface area (Å²) in [6, 6.07) is 0. The number of aryl methyl sites for hydroxylation is 2. The molecule has 7 nitrogen and oxygen atoms in total. The van der Waals surface area contributed by atoms with Crippen LogP contribution in [0.3, 0.4) is 0 Å². The average molecular weight is 378 g/mol. The van der Waals surface area contributed by atoms with Gasteiger partial charge in [0.1, 0.15) is 4.90 Å². The lowest BCUT2D eigenvalue weighted by Crippen LogP contribution is -2.38. The smallest absolute Gasteiger partial charge is 0.250 e. The molecule has 2 aliphatic rings. The number of rotatable bonds is 4. The molecule has 1 saturated carbocycles. The van der Waals surface area contributed by atoms with E-state index in [0.29, 0.717) is 48.0 Å². The van der Waals surface area contributed by atoms with Gasteiger partial charge in [0.2, 0.25) is 15.9 Å². The summed E-state index contributed by atoms with van der Waals surface area (Å²) in [5, 5.41) is 8.35. The predicted octanol–water partition coefficient (Wildman–Crippen LogP) is 3.37. The second-order valence-corrected chi connectivity index (χ2v) is 9.61. The lowest BCUT2D eigenvalue weighted by molar-refractivity contribution is 0.288. The molecule has 1 N–H and O–H groups in total. The molecule has 2 aromatic rings. The van der Waals surface area contributed by atoms with Crippen molar-refractivity contribution in [1.29, 1.82) is 0 Å². The summed E-state index contributed by atoms with van der Waals surface area (Å²) in [6.07, 6.45) is 5.08. The van der Waals surface area contributed by atoms with Crippen LogP contribution in [-0.2, 0) is 10.0 Å². The Balaban J connectivity index is 1.74. The van der Waals surface area contributed by atoms with Crippen LogP contribution < -0.4 is 0 Å². The summed E-state index contributed by atoms with van der Waals surface area (Å²) in [5.41, 5.74) is 1.90. The molecule has 26 heavy (non-hydrogen) atoms. The predicted molar refractivity (Wildman–Crippen MR) is 97.3 cm³/mol. The second kappa shape index (κ2) is 6.49. The fraction of sp³-hybridized carbons (Fsp3) is 0.667. The number of hydrogen-bond acceptors (Lipinski definition) is 5. The maximum atomic E-state index is 13.3. The third-order valence-corrected chi connectivity index (χ3v) is 7.84. The van der Waals surface area contributed by atoms with Gasteiger partial charge in [0.25, 0.3) is 5.89 Å². The molecule has 4 rings (SSSR count). The quantitative estimate of drug-likeness (QED) is 0.880. The second-order valence-electron chi connectivity index (χ2n) is 7.74. The Morgan fingerprint density at radius 2 is 1.77 bits per heavy atom. The van der Waals surface area contributed by atoms with E-state index >= 15 is 0 Å². The Bertz CT molecular complexity index is 903. The van der Waals surface area contributed by atoms with Crippen molar-refractivity contribution < 1.29 is 12.8 Å². The van der Waals surface area contributed by atoms with E-state index in [1.54, 1.807) is 11.2 Å². The summed E-state index contributed by atoms with van der Waals surface area (Å²) in [6.45, 7) is 6.93. The highest BCUT2D eigenvalue weighted by Gasteiger charge is 2.35. The van der Waals surface area contributed by atoms with E-state index in [1.807, 2.05) is 6.92 Å². The van der Waals surface area contributed by atoms with E-state index in [1.165, 1.54) is 6.42 Å². The van der Waals surface area contributed by atoms with Gasteiger partial charge < -0.3 is 9.40 Å². The molecule has 1 aliphatic heterocycles. The van der Waals surface area contributed by atoms with Crippen LogP contribution in [0.4, 0.5) is 0 Å². The molecule has 0 amide bonds. The molecule has 2 aromatic heterocycles. The molecule has 3 heterocycles. The molecule has 1 saturated heterocycles. The van der Waals surface area contributed by atoms with Gasteiger partial charge in [0, 0.05) is 30.4 Å². The Morgan fingerprint density at radius 1 is 1.08 bits per heavy atom. The van der Waals surface area contributed by atoms with E-state index < -0.39 is 10.0 Å². The SMILES string of the molecule is Cc1[nH]c(C)c(S(=O)(=O)N2CCC(C)CC2)c1-c1nnc(C2CCC2)o1. The van der Waals surface area contributed by atoms with Gasteiger partial charge in [-0.25, -0.2) is 8.42 Å². The number of aromatic nitrogens is 3. The first-order valence-corrected chi connectivity index (χ1v) is 10.8. The standard InChI is InChI=1S/C18H26N4O3S/c1-11-7-9-22(10-8-11)26(23,24)16-13(3)19-12(2)15(16)18-21-20-17(25-18)14-5-4-6-14/h11,14,19H,4-10H2,1-3H3. The van der Waals surface area contributed by atoms with Crippen molar-refractivity contribution >= 4 is 10.0 Å². The van der Waals surface area contributed by atoms with Crippen molar-refractivity contribution in [3.63, 3.8) is 0 Å². The molecule has 0 spiro atoms. The summed E-state index contributed by atoms with van der Waals surface area (Å²) in [7, 11) is -3.60. The van der Waals surface area contributed by atoms with Gasteiger partial charge in [-0.1, -0.05) is 13.3 Å². The van der Waals surface area contributed by atoms with Crippen molar-refractivity contribution in [2.24, 2.45) is 5.92 Å². The molecule has 0 aromatic carbocycles. The number of H-pyrrole nitrogens is 1. The molecule has 1 aliphatic carbocycles. The number of nitrogens with zero attached hydrogens (tertiary/aromatic N) is 3. The van der Waals surface area contributed by atoms with Crippen LogP contribution in [0.2, 0.25) is 0 Å². The van der Waals surface area contributed by atoms with Crippen molar-refractivity contribution in [3.8, 4) is 11.5 Å². The van der Waals surface area contributed by atoms with Gasteiger partial charge in [-0.3, -0.25) is 0 Å². The molecule has 142 valence electrons. The van der Waals surface area contributed by atoms with E-state index in [2.05, 4.69) is 22.1 Å². The van der Waals surface area contributed by atoms with E-state index in [9.17, 15) is 8.42 Å². The third kappa shape index (κ3) is 2.89. The molecule has 0 bridgehead atoms. The highest BCUT2D eigenvalue weighted by atomic mass is 32.2. The minimum absolute atomic E-state index is 0.286. The first kappa shape index (κ1) is 17.7. The van der Waals surface area contributed by atoms with Gasteiger partial charge in [-0.05, 0) is 45.4 Å². The van der Waals surface area contributed by atoms with E-state index in [4.69, 9.17) is 4.42 Å². The number of aromatic amines is 1.